The van der Waals surface area contributed by atoms with Gasteiger partial charge in [0.25, 0.3) is 0 Å². The summed E-state index contributed by atoms with van der Waals surface area (Å²) >= 11 is 0. The summed E-state index contributed by atoms with van der Waals surface area (Å²) in [4.78, 5) is 9.10. The van der Waals surface area contributed by atoms with Gasteiger partial charge >= 0.3 is 0 Å². The van der Waals surface area contributed by atoms with Crippen molar-refractivity contribution >= 4 is 47.0 Å². The summed E-state index contributed by atoms with van der Waals surface area (Å²) in [5.74, 6) is 0.900. The van der Waals surface area contributed by atoms with E-state index in [0.29, 0.717) is 0 Å². The fourth-order valence-electron chi connectivity index (χ4n) is 4.29. The highest BCUT2D eigenvalue weighted by molar-refractivity contribution is 6.17. The van der Waals surface area contributed by atoms with Crippen molar-refractivity contribution in [2.24, 2.45) is 0 Å². The Kier molecular flexibility index (Phi) is 3.32. The van der Waals surface area contributed by atoms with Gasteiger partial charge < -0.3 is 14.2 Å². The van der Waals surface area contributed by atoms with Crippen molar-refractivity contribution in [2.45, 2.75) is 32.4 Å². The Labute approximate surface area is 159 Å². The highest BCUT2D eigenvalue weighted by Crippen LogP contribution is 2.47. The van der Waals surface area contributed by atoms with Gasteiger partial charge in [0.15, 0.2) is 11.4 Å². The number of pyridine rings is 1. The van der Waals surface area contributed by atoms with Crippen molar-refractivity contribution in [1.29, 1.82) is 0 Å². The molecule has 2 aromatic carbocycles. The van der Waals surface area contributed by atoms with Crippen LogP contribution in [0.1, 0.15) is 20.8 Å². The molecule has 5 heteroatoms. The average Bonchev–Trinajstić information content (AvgIpc) is 3.16. The van der Waals surface area contributed by atoms with E-state index in [0.717, 1.165) is 39.1 Å². The van der Waals surface area contributed by atoms with Gasteiger partial charge in [-0.3, -0.25) is 0 Å². The van der Waals surface area contributed by atoms with Crippen LogP contribution in [0.5, 0.6) is 0 Å². The van der Waals surface area contributed by atoms with E-state index in [-0.39, 0.29) is 6.17 Å². The molecule has 2 radical (unpaired) electrons. The molecular formula is C22H20BN3O. The summed E-state index contributed by atoms with van der Waals surface area (Å²) in [5, 5.41) is 2.23. The quantitative estimate of drug-likeness (QED) is 0.464. The van der Waals surface area contributed by atoms with E-state index in [1.54, 1.807) is 0 Å². The Balaban J connectivity index is 1.78. The van der Waals surface area contributed by atoms with Crippen molar-refractivity contribution in [3.8, 4) is 0 Å². The molecule has 1 aliphatic rings. The Bertz CT molecular complexity index is 1160. The topological polar surface area (TPSA) is 32.5 Å². The number of rotatable bonds is 2. The van der Waals surface area contributed by atoms with Crippen molar-refractivity contribution in [1.82, 2.24) is 4.98 Å². The second kappa shape index (κ2) is 5.52. The van der Waals surface area contributed by atoms with Crippen LogP contribution < -0.4 is 9.80 Å². The van der Waals surface area contributed by atoms with Crippen LogP contribution in [0.15, 0.2) is 65.2 Å². The Morgan fingerprint density at radius 3 is 2.52 bits per heavy atom. The minimum Gasteiger partial charge on any atom is -0.454 e. The van der Waals surface area contributed by atoms with Crippen LogP contribution in [-0.2, 0) is 0 Å². The maximum Gasteiger partial charge on any atom is 0.159 e. The van der Waals surface area contributed by atoms with Gasteiger partial charge in [-0.2, -0.15) is 0 Å². The van der Waals surface area contributed by atoms with E-state index in [1.807, 2.05) is 44.3 Å². The number of anilines is 3. The summed E-state index contributed by atoms with van der Waals surface area (Å²) in [6.45, 7) is 6.19. The van der Waals surface area contributed by atoms with Gasteiger partial charge in [0.05, 0.1) is 11.4 Å². The molecule has 4 aromatic rings. The molecule has 2 aromatic heterocycles. The molecule has 4 nitrogen and oxygen atoms in total. The smallest absolute Gasteiger partial charge is 0.159 e. The molecule has 1 atom stereocenters. The average molecular weight is 353 g/mol. The lowest BCUT2D eigenvalue weighted by Gasteiger charge is -2.40. The highest BCUT2D eigenvalue weighted by Gasteiger charge is 2.40. The zero-order valence-electron chi connectivity index (χ0n) is 15.7. The first-order chi connectivity index (χ1) is 13.0. The zero-order chi connectivity index (χ0) is 18.8. The van der Waals surface area contributed by atoms with Gasteiger partial charge in [-0.15, -0.1) is 0 Å². The van der Waals surface area contributed by atoms with Gasteiger partial charge in [0.1, 0.15) is 19.6 Å². The fraction of sp³-hybridized carbons (Fsp3) is 0.227. The molecule has 0 amide bonds. The molecule has 0 bridgehead atoms. The lowest BCUT2D eigenvalue weighted by Crippen LogP contribution is -2.51. The largest absolute Gasteiger partial charge is 0.454 e. The summed E-state index contributed by atoms with van der Waals surface area (Å²) < 4.78 is 6.26. The number of hydrogen-bond acceptors (Lipinski definition) is 4. The molecule has 132 valence electrons. The number of hydrogen-bond donors (Lipinski definition) is 0. The summed E-state index contributed by atoms with van der Waals surface area (Å²) in [6.07, 6.45) is 1.83. The highest BCUT2D eigenvalue weighted by atomic mass is 16.3. The molecular weight excluding hydrogens is 333 g/mol. The fourth-order valence-corrected chi connectivity index (χ4v) is 4.29. The maximum atomic E-state index is 6.51. The Morgan fingerprint density at radius 1 is 0.963 bits per heavy atom. The molecule has 1 aliphatic heterocycles. The number of nitrogens with zero attached hydrogens (tertiary/aromatic N) is 3. The van der Waals surface area contributed by atoms with Crippen molar-refractivity contribution in [2.75, 3.05) is 9.80 Å². The van der Waals surface area contributed by atoms with Crippen LogP contribution >= 0.6 is 0 Å². The molecule has 27 heavy (non-hydrogen) atoms. The van der Waals surface area contributed by atoms with Crippen LogP contribution in [0.25, 0.3) is 21.9 Å². The number of para-hydroxylation sites is 2. The third-order valence-electron chi connectivity index (χ3n) is 5.27. The molecule has 0 saturated heterocycles. The van der Waals surface area contributed by atoms with Crippen LogP contribution in [0, 0.1) is 0 Å². The molecule has 0 saturated carbocycles. The van der Waals surface area contributed by atoms with E-state index < -0.39 is 5.44 Å². The van der Waals surface area contributed by atoms with E-state index in [9.17, 15) is 0 Å². The first-order valence-corrected chi connectivity index (χ1v) is 9.19. The number of aromatic nitrogens is 1. The number of furan rings is 1. The van der Waals surface area contributed by atoms with Crippen molar-refractivity contribution in [3.05, 3.63) is 60.8 Å². The molecule has 1 unspecified atom stereocenters. The molecule has 0 spiro atoms. The molecule has 0 N–H and O–H groups in total. The normalized spacial score (nSPS) is 17.1. The van der Waals surface area contributed by atoms with Gasteiger partial charge in [-0.05, 0) is 36.6 Å². The van der Waals surface area contributed by atoms with Crippen LogP contribution in [0.2, 0.25) is 0 Å². The van der Waals surface area contributed by atoms with Gasteiger partial charge in [-0.1, -0.05) is 44.2 Å². The van der Waals surface area contributed by atoms with Gasteiger partial charge in [0, 0.05) is 17.0 Å². The molecule has 0 fully saturated rings. The molecule has 3 heterocycles. The van der Waals surface area contributed by atoms with Crippen LogP contribution in [0.3, 0.4) is 0 Å². The van der Waals surface area contributed by atoms with E-state index in [4.69, 9.17) is 12.3 Å². The standard InChI is InChI=1S/C22H20BN3O/c1-14-25(21-18(11-7-13-24-21)26(14)22(2,3)23)17-10-6-9-16-15-8-4-5-12-19(15)27-20(16)17/h4-14H,1-3H3. The predicted octanol–water partition coefficient (Wildman–Crippen LogP) is 5.19. The summed E-state index contributed by atoms with van der Waals surface area (Å²) in [6, 6.07) is 18.4. The second-order valence-corrected chi connectivity index (χ2v) is 7.62. The lowest BCUT2D eigenvalue weighted by atomic mass is 9.79. The van der Waals surface area contributed by atoms with E-state index in [2.05, 4.69) is 52.0 Å². The van der Waals surface area contributed by atoms with Crippen LogP contribution in [-0.4, -0.2) is 24.4 Å². The monoisotopic (exact) mass is 353 g/mol. The summed E-state index contributed by atoms with van der Waals surface area (Å²) in [5.41, 5.74) is 3.28. The SMILES string of the molecule is [B]C(C)(C)N1c2cccnc2N(c2cccc3c2oc2ccccc23)C1C. The van der Waals surface area contributed by atoms with Gasteiger partial charge in [-0.25, -0.2) is 4.98 Å². The Hall–Kier alpha value is -2.95. The molecule has 0 aliphatic carbocycles. The maximum absolute atomic E-state index is 6.51. The Morgan fingerprint density at radius 2 is 1.70 bits per heavy atom. The minimum absolute atomic E-state index is 0.00807. The van der Waals surface area contributed by atoms with Crippen molar-refractivity contribution < 1.29 is 4.42 Å². The second-order valence-electron chi connectivity index (χ2n) is 7.62. The van der Waals surface area contributed by atoms with Crippen LogP contribution in [0.4, 0.5) is 17.2 Å². The molecule has 5 rings (SSSR count). The lowest BCUT2D eigenvalue weighted by molar-refractivity contribution is 0.559. The van der Waals surface area contributed by atoms with Gasteiger partial charge in [0.2, 0.25) is 0 Å². The number of benzene rings is 2. The zero-order valence-corrected chi connectivity index (χ0v) is 15.7. The first kappa shape index (κ1) is 16.2. The van der Waals surface area contributed by atoms with Crippen molar-refractivity contribution in [3.63, 3.8) is 0 Å². The minimum atomic E-state index is -0.520. The number of fused-ring (bicyclic) bond motifs is 4. The van der Waals surface area contributed by atoms with E-state index >= 15 is 0 Å². The summed E-state index contributed by atoms with van der Waals surface area (Å²) in [7, 11) is 6.51. The third-order valence-corrected chi connectivity index (χ3v) is 5.27. The third kappa shape index (κ3) is 2.27. The predicted molar refractivity (Wildman–Crippen MR) is 112 cm³/mol. The van der Waals surface area contributed by atoms with E-state index in [1.165, 1.54) is 0 Å². The first-order valence-electron chi connectivity index (χ1n) is 9.19.